The number of rotatable bonds is 5. The molecule has 130 valence electrons. The summed E-state index contributed by atoms with van der Waals surface area (Å²) >= 11 is 0. The number of hydrogen-bond donors (Lipinski definition) is 0. The van der Waals surface area contributed by atoms with E-state index >= 15 is 0 Å². The van der Waals surface area contributed by atoms with Crippen molar-refractivity contribution < 1.29 is 4.92 Å². The Hall–Kier alpha value is -2.80. The van der Waals surface area contributed by atoms with E-state index < -0.39 is 4.92 Å². The van der Waals surface area contributed by atoms with Crippen LogP contribution in [0.5, 0.6) is 0 Å². The van der Waals surface area contributed by atoms with Crippen molar-refractivity contribution in [2.45, 2.75) is 13.5 Å². The molecule has 7 nitrogen and oxygen atoms in total. The summed E-state index contributed by atoms with van der Waals surface area (Å²) in [5.41, 5.74) is 3.28. The average Bonchev–Trinajstić information content (AvgIpc) is 2.63. The van der Waals surface area contributed by atoms with Gasteiger partial charge in [-0.25, -0.2) is 0 Å². The molecule has 25 heavy (non-hydrogen) atoms. The molecule has 0 unspecified atom stereocenters. The topological polar surface area (TPSA) is 74.3 Å². The summed E-state index contributed by atoms with van der Waals surface area (Å²) in [4.78, 5) is 12.6. The van der Waals surface area contributed by atoms with E-state index in [1.807, 2.05) is 5.01 Å². The Labute approximate surface area is 146 Å². The second kappa shape index (κ2) is 7.85. The zero-order valence-electron chi connectivity index (χ0n) is 14.2. The maximum atomic E-state index is 10.6. The first-order valence-corrected chi connectivity index (χ1v) is 8.29. The Bertz CT molecular complexity index is 735. The molecule has 2 aromatic rings. The third kappa shape index (κ3) is 4.84. The van der Waals surface area contributed by atoms with Crippen LogP contribution in [0.3, 0.4) is 0 Å². The fourth-order valence-corrected chi connectivity index (χ4v) is 2.69. The first kappa shape index (κ1) is 17.0. The first-order valence-electron chi connectivity index (χ1n) is 8.29. The first-order chi connectivity index (χ1) is 12.1. The smallest absolute Gasteiger partial charge is 0.269 e. The number of non-ortho nitro benzene ring substituents is 1. The molecule has 0 aliphatic carbocycles. The summed E-state index contributed by atoms with van der Waals surface area (Å²) < 4.78 is 0. The van der Waals surface area contributed by atoms with Crippen LogP contribution >= 0.6 is 0 Å². The predicted octanol–water partition coefficient (Wildman–Crippen LogP) is 3.72. The van der Waals surface area contributed by atoms with Gasteiger partial charge < -0.3 is 0 Å². The van der Waals surface area contributed by atoms with Crippen molar-refractivity contribution in [2.24, 2.45) is 10.3 Å². The van der Waals surface area contributed by atoms with Crippen molar-refractivity contribution in [1.82, 2.24) is 9.91 Å². The molecular formula is C18H21N5O2. The van der Waals surface area contributed by atoms with E-state index in [2.05, 4.69) is 46.4 Å². The Morgan fingerprint density at radius 3 is 2.24 bits per heavy atom. The van der Waals surface area contributed by atoms with Gasteiger partial charge in [-0.3, -0.25) is 20.0 Å². The Morgan fingerprint density at radius 1 is 1.00 bits per heavy atom. The van der Waals surface area contributed by atoms with Gasteiger partial charge in [0.1, 0.15) is 0 Å². The lowest BCUT2D eigenvalue weighted by atomic mass is 10.1. The molecule has 0 N–H and O–H groups in total. The molecular weight excluding hydrogens is 318 g/mol. The third-order valence-electron chi connectivity index (χ3n) is 4.22. The van der Waals surface area contributed by atoms with Crippen molar-refractivity contribution >= 4 is 11.4 Å². The third-order valence-corrected chi connectivity index (χ3v) is 4.22. The molecule has 0 saturated carbocycles. The molecule has 3 rings (SSSR count). The second-order valence-corrected chi connectivity index (χ2v) is 6.18. The summed E-state index contributed by atoms with van der Waals surface area (Å²) in [6.07, 6.45) is 0. The number of nitrogens with zero attached hydrogens (tertiary/aromatic N) is 5. The summed E-state index contributed by atoms with van der Waals surface area (Å²) in [6.45, 7) is 6.57. The fourth-order valence-electron chi connectivity index (χ4n) is 2.69. The molecule has 0 radical (unpaired) electrons. The van der Waals surface area contributed by atoms with Gasteiger partial charge in [-0.1, -0.05) is 35.1 Å². The number of nitro benzene ring substituents is 1. The zero-order valence-corrected chi connectivity index (χ0v) is 14.2. The van der Waals surface area contributed by atoms with Crippen LogP contribution in [-0.2, 0) is 6.54 Å². The van der Waals surface area contributed by atoms with Gasteiger partial charge in [0, 0.05) is 31.8 Å². The molecule has 1 aliphatic heterocycles. The van der Waals surface area contributed by atoms with E-state index in [9.17, 15) is 10.1 Å². The number of aryl methyl sites for hydroxylation is 1. The maximum absolute atomic E-state index is 10.6. The highest BCUT2D eigenvalue weighted by Crippen LogP contribution is 2.19. The van der Waals surface area contributed by atoms with E-state index in [0.29, 0.717) is 5.69 Å². The largest absolute Gasteiger partial charge is 0.295 e. The number of benzene rings is 2. The highest BCUT2D eigenvalue weighted by molar-refractivity contribution is 5.43. The second-order valence-electron chi connectivity index (χ2n) is 6.18. The summed E-state index contributed by atoms with van der Waals surface area (Å²) in [6, 6.07) is 14.7. The molecule has 1 aliphatic rings. The maximum Gasteiger partial charge on any atom is 0.269 e. The molecule has 1 fully saturated rings. The minimum atomic E-state index is -0.422. The van der Waals surface area contributed by atoms with Gasteiger partial charge >= 0.3 is 0 Å². The summed E-state index contributed by atoms with van der Waals surface area (Å²) in [7, 11) is 0. The minimum absolute atomic E-state index is 0.0590. The van der Waals surface area contributed by atoms with Crippen molar-refractivity contribution in [3.8, 4) is 0 Å². The van der Waals surface area contributed by atoms with Crippen molar-refractivity contribution in [2.75, 3.05) is 26.2 Å². The molecule has 1 heterocycles. The number of nitro groups is 1. The lowest BCUT2D eigenvalue weighted by Crippen LogP contribution is -2.43. The molecule has 0 spiro atoms. The quantitative estimate of drug-likeness (QED) is 0.473. The average molecular weight is 339 g/mol. The standard InChI is InChI=1S/C18H21N5O2/c1-15-2-4-16(5-3-15)14-21-10-12-22(13-11-21)20-19-17-6-8-18(9-7-17)23(24)25/h2-9H,10-14H2,1H3/b20-19+. The predicted molar refractivity (Wildman–Crippen MR) is 95.6 cm³/mol. The van der Waals surface area contributed by atoms with Gasteiger partial charge in [-0.2, -0.15) is 0 Å². The molecule has 1 saturated heterocycles. The SMILES string of the molecule is Cc1ccc(CN2CCN(/N=N/c3ccc([N+](=O)[O-])cc3)CC2)cc1. The van der Waals surface area contributed by atoms with Crippen molar-refractivity contribution in [1.29, 1.82) is 0 Å². The number of piperazine rings is 1. The molecule has 2 aromatic carbocycles. The van der Waals surface area contributed by atoms with Crippen LogP contribution in [0.4, 0.5) is 11.4 Å². The van der Waals surface area contributed by atoms with Gasteiger partial charge in [0.15, 0.2) is 0 Å². The monoisotopic (exact) mass is 339 g/mol. The van der Waals surface area contributed by atoms with Gasteiger partial charge in [-0.05, 0) is 24.6 Å². The van der Waals surface area contributed by atoms with Crippen molar-refractivity contribution in [3.05, 3.63) is 69.8 Å². The normalized spacial score (nSPS) is 15.6. The Kier molecular flexibility index (Phi) is 5.35. The molecule has 7 heteroatoms. The van der Waals surface area contributed by atoms with Crippen LogP contribution < -0.4 is 0 Å². The van der Waals surface area contributed by atoms with E-state index in [-0.39, 0.29) is 5.69 Å². The van der Waals surface area contributed by atoms with Crippen molar-refractivity contribution in [3.63, 3.8) is 0 Å². The van der Waals surface area contributed by atoms with E-state index in [1.165, 1.54) is 23.3 Å². The highest BCUT2D eigenvalue weighted by Gasteiger charge is 2.15. The van der Waals surface area contributed by atoms with Gasteiger partial charge in [-0.15, -0.1) is 5.11 Å². The van der Waals surface area contributed by atoms with E-state index in [0.717, 1.165) is 32.7 Å². The summed E-state index contributed by atoms with van der Waals surface area (Å²) in [5, 5.41) is 21.0. The van der Waals surface area contributed by atoms with Crippen LogP contribution in [0.25, 0.3) is 0 Å². The van der Waals surface area contributed by atoms with E-state index in [4.69, 9.17) is 0 Å². The van der Waals surface area contributed by atoms with Crippen LogP contribution in [0, 0.1) is 17.0 Å². The van der Waals surface area contributed by atoms with Crippen LogP contribution in [0.15, 0.2) is 58.9 Å². The lowest BCUT2D eigenvalue weighted by molar-refractivity contribution is -0.384. The molecule has 0 amide bonds. The minimum Gasteiger partial charge on any atom is -0.295 e. The lowest BCUT2D eigenvalue weighted by Gasteiger charge is -2.32. The van der Waals surface area contributed by atoms with Crippen LogP contribution in [-0.4, -0.2) is 41.0 Å². The number of hydrogen-bond acceptors (Lipinski definition) is 5. The van der Waals surface area contributed by atoms with Crippen LogP contribution in [0.1, 0.15) is 11.1 Å². The van der Waals surface area contributed by atoms with Crippen LogP contribution in [0.2, 0.25) is 0 Å². The Balaban J connectivity index is 1.48. The highest BCUT2D eigenvalue weighted by atomic mass is 16.6. The van der Waals surface area contributed by atoms with Gasteiger partial charge in [0.25, 0.3) is 5.69 Å². The van der Waals surface area contributed by atoms with Gasteiger partial charge in [0.2, 0.25) is 0 Å². The molecule has 0 atom stereocenters. The molecule has 0 bridgehead atoms. The molecule has 0 aromatic heterocycles. The fraction of sp³-hybridized carbons (Fsp3) is 0.333. The van der Waals surface area contributed by atoms with E-state index in [1.54, 1.807) is 12.1 Å². The zero-order chi connectivity index (χ0) is 17.6. The van der Waals surface area contributed by atoms with Gasteiger partial charge in [0.05, 0.1) is 23.7 Å². The Morgan fingerprint density at radius 2 is 1.64 bits per heavy atom. The summed E-state index contributed by atoms with van der Waals surface area (Å²) in [5.74, 6) is 0.